The molecule has 0 radical (unpaired) electrons. The average Bonchev–Trinajstić information content (AvgIpc) is 3.41. The summed E-state index contributed by atoms with van der Waals surface area (Å²) in [6, 6.07) is 5.54. The summed E-state index contributed by atoms with van der Waals surface area (Å²) in [6.45, 7) is 4.12. The molecule has 4 rings (SSSR count). The number of hydrogen-bond acceptors (Lipinski definition) is 4. The van der Waals surface area contributed by atoms with Crippen molar-refractivity contribution >= 4 is 23.6 Å². The van der Waals surface area contributed by atoms with Gasteiger partial charge in [0.2, 0.25) is 0 Å². The predicted octanol–water partition coefficient (Wildman–Crippen LogP) is 3.92. The Labute approximate surface area is 134 Å². The Morgan fingerprint density at radius 2 is 2.19 bits per heavy atom. The minimum Gasteiger partial charge on any atom is -0.296 e. The molecule has 2 aliphatic carbocycles. The summed E-state index contributed by atoms with van der Waals surface area (Å²) in [5.74, 6) is 1.06. The maximum Gasteiger partial charge on any atom is 0.199 e. The summed E-state index contributed by atoms with van der Waals surface area (Å²) in [7, 11) is 0. The standard InChI is InChI=1S/C15H20N4S2/c1-2-17(11-5-6-11)10-18-15(20)19(12-7-8-12)14(16-18)13-4-3-9-21-13/h3-4,9,11-12H,2,5-8,10H2,1H3. The van der Waals surface area contributed by atoms with Gasteiger partial charge in [0.1, 0.15) is 0 Å². The normalized spacial score (nSPS) is 18.6. The summed E-state index contributed by atoms with van der Waals surface area (Å²) in [5, 5.41) is 6.96. The van der Waals surface area contributed by atoms with Gasteiger partial charge < -0.3 is 0 Å². The van der Waals surface area contributed by atoms with Gasteiger partial charge in [-0.05, 0) is 55.9 Å². The van der Waals surface area contributed by atoms with Crippen molar-refractivity contribution in [1.29, 1.82) is 0 Å². The summed E-state index contributed by atoms with van der Waals surface area (Å²) in [5.41, 5.74) is 0. The van der Waals surface area contributed by atoms with Crippen LogP contribution in [0.15, 0.2) is 17.5 Å². The number of hydrogen-bond donors (Lipinski definition) is 0. The molecule has 2 heterocycles. The molecule has 0 aromatic carbocycles. The van der Waals surface area contributed by atoms with Gasteiger partial charge >= 0.3 is 0 Å². The fourth-order valence-electron chi connectivity index (χ4n) is 2.83. The molecule has 6 heteroatoms. The van der Waals surface area contributed by atoms with E-state index in [2.05, 4.69) is 33.9 Å². The van der Waals surface area contributed by atoms with Crippen molar-refractivity contribution in [2.45, 2.75) is 51.4 Å². The second-order valence-corrected chi connectivity index (χ2v) is 7.27. The Morgan fingerprint density at radius 1 is 1.38 bits per heavy atom. The third-order valence-electron chi connectivity index (χ3n) is 4.31. The van der Waals surface area contributed by atoms with E-state index in [-0.39, 0.29) is 0 Å². The molecule has 4 nitrogen and oxygen atoms in total. The zero-order valence-electron chi connectivity index (χ0n) is 12.2. The van der Waals surface area contributed by atoms with Crippen molar-refractivity contribution < 1.29 is 0 Å². The minimum absolute atomic E-state index is 0.569. The Balaban J connectivity index is 1.71. The van der Waals surface area contributed by atoms with Crippen LogP contribution in [0.25, 0.3) is 10.7 Å². The van der Waals surface area contributed by atoms with E-state index < -0.39 is 0 Å². The van der Waals surface area contributed by atoms with Gasteiger partial charge in [-0.25, -0.2) is 4.68 Å². The summed E-state index contributed by atoms with van der Waals surface area (Å²) >= 11 is 7.46. The molecule has 0 amide bonds. The van der Waals surface area contributed by atoms with E-state index in [1.54, 1.807) is 11.3 Å². The van der Waals surface area contributed by atoms with Crippen LogP contribution in [0.5, 0.6) is 0 Å². The highest BCUT2D eigenvalue weighted by atomic mass is 32.1. The van der Waals surface area contributed by atoms with Crippen LogP contribution in [0.3, 0.4) is 0 Å². The first kappa shape index (κ1) is 13.7. The highest BCUT2D eigenvalue weighted by molar-refractivity contribution is 7.71. The quantitative estimate of drug-likeness (QED) is 0.755. The molecule has 2 fully saturated rings. The topological polar surface area (TPSA) is 26.0 Å². The lowest BCUT2D eigenvalue weighted by atomic mass is 10.4. The van der Waals surface area contributed by atoms with Crippen LogP contribution in [0.2, 0.25) is 0 Å². The Kier molecular flexibility index (Phi) is 3.47. The number of aromatic nitrogens is 3. The van der Waals surface area contributed by atoms with Gasteiger partial charge in [0.05, 0.1) is 11.5 Å². The van der Waals surface area contributed by atoms with E-state index >= 15 is 0 Å². The summed E-state index contributed by atoms with van der Waals surface area (Å²) in [4.78, 5) is 3.71. The van der Waals surface area contributed by atoms with Crippen LogP contribution < -0.4 is 0 Å². The first-order valence-electron chi connectivity index (χ1n) is 7.75. The largest absolute Gasteiger partial charge is 0.296 e. The number of thiophene rings is 1. The van der Waals surface area contributed by atoms with E-state index in [0.717, 1.165) is 29.9 Å². The van der Waals surface area contributed by atoms with Gasteiger partial charge in [-0.1, -0.05) is 13.0 Å². The van der Waals surface area contributed by atoms with Gasteiger partial charge in [0.15, 0.2) is 10.6 Å². The third-order valence-corrected chi connectivity index (χ3v) is 5.58. The molecular formula is C15H20N4S2. The van der Waals surface area contributed by atoms with Crippen molar-refractivity contribution in [2.75, 3.05) is 6.54 Å². The maximum absolute atomic E-state index is 5.72. The van der Waals surface area contributed by atoms with E-state index in [1.807, 2.05) is 4.68 Å². The van der Waals surface area contributed by atoms with Crippen LogP contribution in [-0.2, 0) is 6.67 Å². The summed E-state index contributed by atoms with van der Waals surface area (Å²) < 4.78 is 5.20. The second kappa shape index (κ2) is 5.34. The van der Waals surface area contributed by atoms with E-state index in [1.165, 1.54) is 30.6 Å². The van der Waals surface area contributed by atoms with Gasteiger partial charge in [0, 0.05) is 12.1 Å². The minimum atomic E-state index is 0.569. The zero-order valence-corrected chi connectivity index (χ0v) is 13.9. The lowest BCUT2D eigenvalue weighted by Crippen LogP contribution is -2.29. The molecule has 112 valence electrons. The van der Waals surface area contributed by atoms with Gasteiger partial charge in [-0.2, -0.15) is 0 Å². The summed E-state index contributed by atoms with van der Waals surface area (Å²) in [6.07, 6.45) is 5.11. The van der Waals surface area contributed by atoms with Crippen molar-refractivity contribution in [3.05, 3.63) is 22.3 Å². The molecule has 2 aromatic rings. The lowest BCUT2D eigenvalue weighted by molar-refractivity contribution is 0.206. The van der Waals surface area contributed by atoms with Crippen LogP contribution >= 0.6 is 23.6 Å². The lowest BCUT2D eigenvalue weighted by Gasteiger charge is -2.19. The molecule has 2 saturated carbocycles. The SMILES string of the molecule is CCN(Cn1nc(-c2cccs2)n(C2CC2)c1=S)C1CC1. The van der Waals surface area contributed by atoms with Crippen molar-refractivity contribution in [1.82, 2.24) is 19.2 Å². The van der Waals surface area contributed by atoms with Gasteiger partial charge in [-0.15, -0.1) is 16.4 Å². The van der Waals surface area contributed by atoms with Crippen LogP contribution in [0.4, 0.5) is 0 Å². The molecule has 0 saturated heterocycles. The van der Waals surface area contributed by atoms with E-state index in [4.69, 9.17) is 17.3 Å². The fourth-order valence-corrected chi connectivity index (χ4v) is 3.87. The predicted molar refractivity (Wildman–Crippen MR) is 88.0 cm³/mol. The Morgan fingerprint density at radius 3 is 2.76 bits per heavy atom. The molecule has 21 heavy (non-hydrogen) atoms. The monoisotopic (exact) mass is 320 g/mol. The zero-order chi connectivity index (χ0) is 14.4. The highest BCUT2D eigenvalue weighted by Gasteiger charge is 2.31. The molecular weight excluding hydrogens is 300 g/mol. The first-order valence-corrected chi connectivity index (χ1v) is 9.04. The van der Waals surface area contributed by atoms with Crippen LogP contribution in [0.1, 0.15) is 38.6 Å². The molecule has 2 aromatic heterocycles. The van der Waals surface area contributed by atoms with E-state index in [0.29, 0.717) is 6.04 Å². The Bertz CT molecular complexity index is 677. The van der Waals surface area contributed by atoms with E-state index in [9.17, 15) is 0 Å². The van der Waals surface area contributed by atoms with Crippen molar-refractivity contribution in [2.24, 2.45) is 0 Å². The number of nitrogens with zero attached hydrogens (tertiary/aromatic N) is 4. The van der Waals surface area contributed by atoms with Crippen LogP contribution in [0, 0.1) is 4.77 Å². The molecule has 0 unspecified atom stereocenters. The molecule has 0 bridgehead atoms. The second-order valence-electron chi connectivity index (χ2n) is 5.96. The molecule has 0 N–H and O–H groups in total. The number of rotatable bonds is 6. The maximum atomic E-state index is 5.72. The Hall–Kier alpha value is -0.980. The average molecular weight is 320 g/mol. The fraction of sp³-hybridized carbons (Fsp3) is 0.600. The van der Waals surface area contributed by atoms with Gasteiger partial charge in [-0.3, -0.25) is 9.47 Å². The third kappa shape index (κ3) is 2.60. The first-order chi connectivity index (χ1) is 10.3. The molecule has 0 spiro atoms. The smallest absolute Gasteiger partial charge is 0.199 e. The highest BCUT2D eigenvalue weighted by Crippen LogP contribution is 2.39. The van der Waals surface area contributed by atoms with Gasteiger partial charge in [0.25, 0.3) is 0 Å². The molecule has 0 atom stereocenters. The van der Waals surface area contributed by atoms with Crippen molar-refractivity contribution in [3.63, 3.8) is 0 Å². The molecule has 0 aliphatic heterocycles. The molecule has 2 aliphatic rings. The van der Waals surface area contributed by atoms with Crippen molar-refractivity contribution in [3.8, 4) is 10.7 Å². The van der Waals surface area contributed by atoms with Crippen LogP contribution in [-0.4, -0.2) is 31.8 Å².